The molecule has 2 aromatic carbocycles. The Morgan fingerprint density at radius 3 is 2.59 bits per heavy atom. The molecule has 140 valence electrons. The van der Waals surface area contributed by atoms with Crippen LogP contribution in [0.25, 0.3) is 0 Å². The lowest BCUT2D eigenvalue weighted by Gasteiger charge is -2.11. The maximum Gasteiger partial charge on any atom is 0.225 e. The lowest BCUT2D eigenvalue weighted by atomic mass is 10.1. The number of benzene rings is 2. The highest BCUT2D eigenvalue weighted by Gasteiger charge is 2.05. The van der Waals surface area contributed by atoms with E-state index in [0.29, 0.717) is 12.5 Å². The third kappa shape index (κ3) is 5.45. The van der Waals surface area contributed by atoms with E-state index in [1.54, 1.807) is 7.11 Å². The molecule has 0 radical (unpaired) electrons. The van der Waals surface area contributed by atoms with Crippen molar-refractivity contribution in [3.63, 3.8) is 0 Å². The van der Waals surface area contributed by atoms with E-state index in [1.807, 2.05) is 31.2 Å². The molecule has 0 amide bonds. The molecule has 0 atom stereocenters. The van der Waals surface area contributed by atoms with Gasteiger partial charge < -0.3 is 15.4 Å². The predicted molar refractivity (Wildman–Crippen MR) is 110 cm³/mol. The van der Waals surface area contributed by atoms with Crippen molar-refractivity contribution >= 4 is 11.8 Å². The summed E-state index contributed by atoms with van der Waals surface area (Å²) in [5.41, 5.74) is 4.57. The number of nitrogens with one attached hydrogen (secondary N) is 2. The first-order valence-corrected chi connectivity index (χ1v) is 9.15. The van der Waals surface area contributed by atoms with Gasteiger partial charge in [-0.05, 0) is 37.5 Å². The second kappa shape index (κ2) is 9.03. The van der Waals surface area contributed by atoms with Crippen molar-refractivity contribution < 1.29 is 4.74 Å². The zero-order chi connectivity index (χ0) is 19.1. The van der Waals surface area contributed by atoms with Gasteiger partial charge in [0.1, 0.15) is 11.6 Å². The Balaban J connectivity index is 1.59. The summed E-state index contributed by atoms with van der Waals surface area (Å²) < 4.78 is 5.41. The molecule has 5 nitrogen and oxygen atoms in total. The maximum absolute atomic E-state index is 5.41. The van der Waals surface area contributed by atoms with E-state index < -0.39 is 0 Å². The second-order valence-electron chi connectivity index (χ2n) is 6.55. The van der Waals surface area contributed by atoms with Gasteiger partial charge in [-0.15, -0.1) is 0 Å². The number of hydrogen-bond donors (Lipinski definition) is 2. The van der Waals surface area contributed by atoms with Crippen molar-refractivity contribution in [2.24, 2.45) is 0 Å². The highest BCUT2D eigenvalue weighted by atomic mass is 16.5. The SMILES string of the molecule is COc1ccccc1CCNc1cc(C)nc(NCc2cccc(C)c2)n1. The third-order valence-corrected chi connectivity index (χ3v) is 4.28. The average Bonchev–Trinajstić information content (AvgIpc) is 2.66. The molecule has 0 bridgehead atoms. The van der Waals surface area contributed by atoms with E-state index in [4.69, 9.17) is 4.74 Å². The van der Waals surface area contributed by atoms with Gasteiger partial charge in [-0.25, -0.2) is 4.98 Å². The maximum atomic E-state index is 5.41. The van der Waals surface area contributed by atoms with Gasteiger partial charge in [-0.2, -0.15) is 4.98 Å². The van der Waals surface area contributed by atoms with Crippen molar-refractivity contribution in [2.45, 2.75) is 26.8 Å². The zero-order valence-electron chi connectivity index (χ0n) is 16.1. The predicted octanol–water partition coefficient (Wildman–Crippen LogP) is 4.37. The summed E-state index contributed by atoms with van der Waals surface area (Å²) in [5.74, 6) is 2.37. The van der Waals surface area contributed by atoms with Gasteiger partial charge in [0.15, 0.2) is 0 Å². The Hall–Kier alpha value is -3.08. The summed E-state index contributed by atoms with van der Waals surface area (Å²) in [6.07, 6.45) is 0.860. The molecule has 1 heterocycles. The Kier molecular flexibility index (Phi) is 6.26. The Labute approximate surface area is 160 Å². The van der Waals surface area contributed by atoms with Gasteiger partial charge >= 0.3 is 0 Å². The van der Waals surface area contributed by atoms with Crippen LogP contribution in [0.2, 0.25) is 0 Å². The van der Waals surface area contributed by atoms with E-state index >= 15 is 0 Å². The number of para-hydroxylation sites is 1. The standard InChI is InChI=1S/C22H26N4O/c1-16-7-6-8-18(13-16)15-24-22-25-17(2)14-21(26-22)23-12-11-19-9-4-5-10-20(19)27-3/h4-10,13-14H,11-12,15H2,1-3H3,(H2,23,24,25,26). The molecule has 3 rings (SSSR count). The van der Waals surface area contributed by atoms with Crippen molar-refractivity contribution in [1.82, 2.24) is 9.97 Å². The first kappa shape index (κ1) is 18.7. The van der Waals surface area contributed by atoms with Gasteiger partial charge in [0.05, 0.1) is 7.11 Å². The Morgan fingerprint density at radius 1 is 0.926 bits per heavy atom. The molecule has 0 saturated carbocycles. The number of aromatic nitrogens is 2. The fourth-order valence-corrected chi connectivity index (χ4v) is 2.98. The van der Waals surface area contributed by atoms with Crippen molar-refractivity contribution in [2.75, 3.05) is 24.3 Å². The topological polar surface area (TPSA) is 59.1 Å². The van der Waals surface area contributed by atoms with Crippen LogP contribution in [0.1, 0.15) is 22.4 Å². The van der Waals surface area contributed by atoms with Crippen molar-refractivity contribution in [3.05, 3.63) is 77.0 Å². The van der Waals surface area contributed by atoms with Gasteiger partial charge in [0.2, 0.25) is 5.95 Å². The average molecular weight is 362 g/mol. The second-order valence-corrected chi connectivity index (χ2v) is 6.55. The summed E-state index contributed by atoms with van der Waals surface area (Å²) in [4.78, 5) is 9.06. The van der Waals surface area contributed by atoms with Gasteiger partial charge in [0.25, 0.3) is 0 Å². The lowest BCUT2D eigenvalue weighted by Crippen LogP contribution is -2.10. The molecule has 1 aromatic heterocycles. The van der Waals surface area contributed by atoms with Crippen LogP contribution in [0, 0.1) is 13.8 Å². The van der Waals surface area contributed by atoms with Crippen LogP contribution in [0.4, 0.5) is 11.8 Å². The zero-order valence-corrected chi connectivity index (χ0v) is 16.1. The number of nitrogens with zero attached hydrogens (tertiary/aromatic N) is 2. The first-order chi connectivity index (χ1) is 13.1. The van der Waals surface area contributed by atoms with E-state index in [9.17, 15) is 0 Å². The molecule has 0 spiro atoms. The van der Waals surface area contributed by atoms with Crippen LogP contribution >= 0.6 is 0 Å². The minimum Gasteiger partial charge on any atom is -0.496 e. The number of aryl methyl sites for hydroxylation is 2. The Morgan fingerprint density at radius 2 is 1.78 bits per heavy atom. The van der Waals surface area contributed by atoms with Crippen LogP contribution in [0.3, 0.4) is 0 Å². The quantitative estimate of drug-likeness (QED) is 0.623. The molecule has 5 heteroatoms. The van der Waals surface area contributed by atoms with Crippen LogP contribution in [-0.4, -0.2) is 23.6 Å². The number of methoxy groups -OCH3 is 1. The van der Waals surface area contributed by atoms with Crippen LogP contribution in [0.5, 0.6) is 5.75 Å². The lowest BCUT2D eigenvalue weighted by molar-refractivity contribution is 0.410. The molecule has 3 aromatic rings. The summed E-state index contributed by atoms with van der Waals surface area (Å²) in [7, 11) is 1.70. The van der Waals surface area contributed by atoms with Crippen molar-refractivity contribution in [3.8, 4) is 5.75 Å². The number of hydrogen-bond acceptors (Lipinski definition) is 5. The number of rotatable bonds is 8. The molecule has 2 N–H and O–H groups in total. The largest absolute Gasteiger partial charge is 0.496 e. The third-order valence-electron chi connectivity index (χ3n) is 4.28. The minimum atomic E-state index is 0.635. The Bertz CT molecular complexity index is 895. The van der Waals surface area contributed by atoms with E-state index in [2.05, 4.69) is 57.9 Å². The van der Waals surface area contributed by atoms with Gasteiger partial charge in [0, 0.05) is 24.8 Å². The number of ether oxygens (including phenoxy) is 1. The van der Waals surface area contributed by atoms with Gasteiger partial charge in [-0.1, -0.05) is 48.0 Å². The first-order valence-electron chi connectivity index (χ1n) is 9.15. The summed E-state index contributed by atoms with van der Waals surface area (Å²) >= 11 is 0. The van der Waals surface area contributed by atoms with E-state index in [0.717, 1.165) is 30.2 Å². The van der Waals surface area contributed by atoms with Crippen LogP contribution < -0.4 is 15.4 Å². The van der Waals surface area contributed by atoms with Gasteiger partial charge in [-0.3, -0.25) is 0 Å². The monoisotopic (exact) mass is 362 g/mol. The smallest absolute Gasteiger partial charge is 0.225 e. The molecule has 0 aliphatic carbocycles. The minimum absolute atomic E-state index is 0.635. The normalized spacial score (nSPS) is 10.5. The van der Waals surface area contributed by atoms with Crippen molar-refractivity contribution in [1.29, 1.82) is 0 Å². The highest BCUT2D eigenvalue weighted by Crippen LogP contribution is 2.18. The summed E-state index contributed by atoms with van der Waals surface area (Å²) in [5, 5.41) is 6.70. The number of anilines is 2. The molecule has 0 fully saturated rings. The molecular formula is C22H26N4O. The highest BCUT2D eigenvalue weighted by molar-refractivity contribution is 5.43. The fraction of sp³-hybridized carbons (Fsp3) is 0.273. The summed E-state index contributed by atoms with van der Waals surface area (Å²) in [6, 6.07) is 18.5. The molecule has 0 aliphatic rings. The molecule has 0 saturated heterocycles. The van der Waals surface area contributed by atoms with E-state index in [-0.39, 0.29) is 0 Å². The summed E-state index contributed by atoms with van der Waals surface area (Å²) in [6.45, 7) is 5.54. The molecule has 0 aliphatic heterocycles. The molecule has 0 unspecified atom stereocenters. The van der Waals surface area contributed by atoms with Crippen LogP contribution in [-0.2, 0) is 13.0 Å². The van der Waals surface area contributed by atoms with E-state index in [1.165, 1.54) is 16.7 Å². The molecular weight excluding hydrogens is 336 g/mol. The fourth-order valence-electron chi connectivity index (χ4n) is 2.98. The van der Waals surface area contributed by atoms with Crippen LogP contribution in [0.15, 0.2) is 54.6 Å². The molecule has 27 heavy (non-hydrogen) atoms.